The smallest absolute Gasteiger partial charge is 0.0697 e. The molecule has 0 aromatic heterocycles. The molecule has 1 aromatic rings. The van der Waals surface area contributed by atoms with Crippen LogP contribution in [0, 0.1) is 0 Å². The first-order valence-electron chi connectivity index (χ1n) is 8.22. The minimum atomic E-state index is 0.199. The molecule has 1 saturated heterocycles. The van der Waals surface area contributed by atoms with E-state index in [0.29, 0.717) is 12.1 Å². The van der Waals surface area contributed by atoms with Crippen molar-refractivity contribution in [2.24, 2.45) is 0 Å². The van der Waals surface area contributed by atoms with Crippen LogP contribution in [0.3, 0.4) is 0 Å². The van der Waals surface area contributed by atoms with Gasteiger partial charge >= 0.3 is 0 Å². The van der Waals surface area contributed by atoms with Crippen molar-refractivity contribution in [1.29, 1.82) is 0 Å². The van der Waals surface area contributed by atoms with Gasteiger partial charge in [-0.05, 0) is 38.2 Å². The van der Waals surface area contributed by atoms with Crippen LogP contribution in [0.5, 0.6) is 0 Å². The van der Waals surface area contributed by atoms with Crippen molar-refractivity contribution in [2.75, 3.05) is 6.61 Å². The topological polar surface area (TPSA) is 21.3 Å². The van der Waals surface area contributed by atoms with E-state index in [1.54, 1.807) is 0 Å². The fourth-order valence-corrected chi connectivity index (χ4v) is 3.91. The van der Waals surface area contributed by atoms with Gasteiger partial charge in [-0.15, -0.1) is 0 Å². The number of nitrogens with one attached hydrogen (secondary N) is 1. The van der Waals surface area contributed by atoms with Crippen molar-refractivity contribution < 1.29 is 4.74 Å². The van der Waals surface area contributed by atoms with Gasteiger partial charge in [-0.2, -0.15) is 0 Å². The van der Waals surface area contributed by atoms with Crippen LogP contribution in [0.15, 0.2) is 30.3 Å². The Kier molecular flexibility index (Phi) is 4.42. The second-order valence-corrected chi connectivity index (χ2v) is 6.58. The number of benzene rings is 1. The third kappa shape index (κ3) is 3.24. The number of hydrogen-bond donors (Lipinski definition) is 1. The molecule has 1 aliphatic carbocycles. The first-order chi connectivity index (χ1) is 9.77. The maximum Gasteiger partial charge on any atom is 0.0697 e. The highest BCUT2D eigenvalue weighted by Crippen LogP contribution is 2.38. The Morgan fingerprint density at radius 1 is 1.15 bits per heavy atom. The van der Waals surface area contributed by atoms with Gasteiger partial charge in [-0.25, -0.2) is 0 Å². The largest absolute Gasteiger partial charge is 0.375 e. The summed E-state index contributed by atoms with van der Waals surface area (Å²) in [5.41, 5.74) is 1.58. The molecule has 0 amide bonds. The zero-order valence-corrected chi connectivity index (χ0v) is 12.6. The molecule has 3 rings (SSSR count). The lowest BCUT2D eigenvalue weighted by Crippen LogP contribution is -2.48. The molecule has 2 heteroatoms. The molecular weight excluding hydrogens is 246 g/mol. The van der Waals surface area contributed by atoms with Crippen LogP contribution in [0.1, 0.15) is 63.5 Å². The Balaban J connectivity index is 1.60. The van der Waals surface area contributed by atoms with E-state index in [2.05, 4.69) is 42.6 Å². The molecule has 0 bridgehead atoms. The van der Waals surface area contributed by atoms with E-state index >= 15 is 0 Å². The van der Waals surface area contributed by atoms with Gasteiger partial charge in [-0.1, -0.05) is 49.6 Å². The lowest BCUT2D eigenvalue weighted by atomic mass is 9.78. The monoisotopic (exact) mass is 273 g/mol. The van der Waals surface area contributed by atoms with E-state index in [0.717, 1.165) is 13.0 Å². The van der Waals surface area contributed by atoms with Crippen molar-refractivity contribution in [3.63, 3.8) is 0 Å². The fourth-order valence-electron chi connectivity index (χ4n) is 3.91. The Bertz CT molecular complexity index is 405. The Hall–Kier alpha value is -0.860. The van der Waals surface area contributed by atoms with Gasteiger partial charge in [0.2, 0.25) is 0 Å². The molecule has 2 aliphatic rings. The van der Waals surface area contributed by atoms with Crippen molar-refractivity contribution in [3.05, 3.63) is 35.9 Å². The van der Waals surface area contributed by atoms with Crippen molar-refractivity contribution in [1.82, 2.24) is 5.32 Å². The number of ether oxygens (including phenoxy) is 1. The first-order valence-corrected chi connectivity index (χ1v) is 8.22. The van der Waals surface area contributed by atoms with Crippen LogP contribution in [0.25, 0.3) is 0 Å². The summed E-state index contributed by atoms with van der Waals surface area (Å²) in [5.74, 6) is 0. The normalized spacial score (nSPS) is 27.4. The third-order valence-electron chi connectivity index (χ3n) is 5.04. The second kappa shape index (κ2) is 6.28. The molecule has 110 valence electrons. The van der Waals surface area contributed by atoms with E-state index < -0.39 is 0 Å². The second-order valence-electron chi connectivity index (χ2n) is 6.58. The number of hydrogen-bond acceptors (Lipinski definition) is 2. The van der Waals surface area contributed by atoms with Gasteiger partial charge in [0.1, 0.15) is 0 Å². The zero-order chi connectivity index (χ0) is 13.8. The maximum atomic E-state index is 6.18. The predicted octanol–water partition coefficient (Wildman–Crippen LogP) is 4.22. The van der Waals surface area contributed by atoms with Crippen molar-refractivity contribution in [3.8, 4) is 0 Å². The van der Waals surface area contributed by atoms with Gasteiger partial charge in [0, 0.05) is 18.7 Å². The molecule has 1 N–H and O–H groups in total. The quantitative estimate of drug-likeness (QED) is 0.890. The molecule has 1 saturated carbocycles. The fraction of sp³-hybridized carbons (Fsp3) is 0.667. The molecule has 2 unspecified atom stereocenters. The molecule has 1 spiro atoms. The summed E-state index contributed by atoms with van der Waals surface area (Å²) >= 11 is 0. The van der Waals surface area contributed by atoms with Gasteiger partial charge in [-0.3, -0.25) is 0 Å². The standard InChI is InChI=1S/C18H27NO/c1-15(16-8-4-2-5-9-16)19-17-10-13-20-18(14-17)11-6-3-7-12-18/h2,4-5,8-9,15,17,19H,3,6-7,10-14H2,1H3. The van der Waals surface area contributed by atoms with E-state index in [9.17, 15) is 0 Å². The van der Waals surface area contributed by atoms with E-state index in [4.69, 9.17) is 4.74 Å². The van der Waals surface area contributed by atoms with Gasteiger partial charge < -0.3 is 10.1 Å². The minimum absolute atomic E-state index is 0.199. The molecule has 1 aliphatic heterocycles. The molecule has 1 heterocycles. The zero-order valence-electron chi connectivity index (χ0n) is 12.6. The van der Waals surface area contributed by atoms with Crippen LogP contribution in [-0.4, -0.2) is 18.2 Å². The van der Waals surface area contributed by atoms with Crippen LogP contribution in [-0.2, 0) is 4.74 Å². The van der Waals surface area contributed by atoms with Gasteiger partial charge in [0.05, 0.1) is 5.60 Å². The summed E-state index contributed by atoms with van der Waals surface area (Å²) in [4.78, 5) is 0. The number of rotatable bonds is 3. The lowest BCUT2D eigenvalue weighted by molar-refractivity contribution is -0.110. The van der Waals surface area contributed by atoms with Gasteiger partial charge in [0.15, 0.2) is 0 Å². The van der Waals surface area contributed by atoms with Crippen LogP contribution < -0.4 is 5.32 Å². The molecule has 0 radical (unpaired) electrons. The van der Waals surface area contributed by atoms with Gasteiger partial charge in [0.25, 0.3) is 0 Å². The molecule has 2 atom stereocenters. The molecule has 2 fully saturated rings. The van der Waals surface area contributed by atoms with Crippen molar-refractivity contribution >= 4 is 0 Å². The Morgan fingerprint density at radius 2 is 1.90 bits per heavy atom. The van der Waals surface area contributed by atoms with Crippen LogP contribution in [0.4, 0.5) is 0 Å². The Labute approximate surface area is 122 Å². The molecule has 2 nitrogen and oxygen atoms in total. The highest BCUT2D eigenvalue weighted by molar-refractivity contribution is 5.18. The average molecular weight is 273 g/mol. The van der Waals surface area contributed by atoms with Crippen LogP contribution in [0.2, 0.25) is 0 Å². The summed E-state index contributed by atoms with van der Waals surface area (Å²) in [7, 11) is 0. The van der Waals surface area contributed by atoms with E-state index in [1.807, 2.05) is 0 Å². The molecule has 1 aromatic carbocycles. The van der Waals surface area contributed by atoms with Crippen LogP contribution >= 0.6 is 0 Å². The predicted molar refractivity (Wildman–Crippen MR) is 82.8 cm³/mol. The lowest BCUT2D eigenvalue weighted by Gasteiger charge is -2.44. The van der Waals surface area contributed by atoms with Crippen molar-refractivity contribution in [2.45, 2.75) is 69.6 Å². The summed E-state index contributed by atoms with van der Waals surface area (Å²) < 4.78 is 6.18. The average Bonchev–Trinajstić information content (AvgIpc) is 2.49. The molecule has 20 heavy (non-hydrogen) atoms. The third-order valence-corrected chi connectivity index (χ3v) is 5.04. The highest BCUT2D eigenvalue weighted by atomic mass is 16.5. The van der Waals surface area contributed by atoms with E-state index in [1.165, 1.54) is 44.1 Å². The highest BCUT2D eigenvalue weighted by Gasteiger charge is 2.38. The minimum Gasteiger partial charge on any atom is -0.375 e. The summed E-state index contributed by atoms with van der Waals surface area (Å²) in [6.07, 6.45) is 8.98. The summed E-state index contributed by atoms with van der Waals surface area (Å²) in [6, 6.07) is 11.8. The van der Waals surface area contributed by atoms with E-state index in [-0.39, 0.29) is 5.60 Å². The molecular formula is C18H27NO. The summed E-state index contributed by atoms with van der Waals surface area (Å²) in [6.45, 7) is 3.21. The first kappa shape index (κ1) is 14.1. The maximum absolute atomic E-state index is 6.18. The Morgan fingerprint density at radius 3 is 2.65 bits per heavy atom. The summed E-state index contributed by atoms with van der Waals surface area (Å²) in [5, 5.41) is 3.83. The SMILES string of the molecule is CC(NC1CCOC2(CCCCC2)C1)c1ccccc1.